The second-order valence-corrected chi connectivity index (χ2v) is 6.04. The Morgan fingerprint density at radius 2 is 1.96 bits per heavy atom. The molecular formula is C18H23N3O2. The molecule has 0 aliphatic carbocycles. The van der Waals surface area contributed by atoms with E-state index in [0.29, 0.717) is 13.1 Å². The van der Waals surface area contributed by atoms with Crippen molar-refractivity contribution < 1.29 is 9.21 Å². The van der Waals surface area contributed by atoms with E-state index in [2.05, 4.69) is 22.3 Å². The highest BCUT2D eigenvalue weighted by Crippen LogP contribution is 2.22. The van der Waals surface area contributed by atoms with E-state index in [9.17, 15) is 4.79 Å². The van der Waals surface area contributed by atoms with Gasteiger partial charge in [0.2, 0.25) is 5.91 Å². The number of carbonyl (C=O) groups excluding carboxylic acids is 1. The van der Waals surface area contributed by atoms with Crippen molar-refractivity contribution in [3.05, 3.63) is 48.4 Å². The van der Waals surface area contributed by atoms with Crippen LogP contribution in [-0.2, 0) is 11.3 Å². The van der Waals surface area contributed by atoms with E-state index < -0.39 is 0 Å². The second kappa shape index (κ2) is 7.33. The average molecular weight is 313 g/mol. The molecule has 1 aromatic heterocycles. The maximum atomic E-state index is 12.1. The Bertz CT molecular complexity index is 616. The topological polar surface area (TPSA) is 48.7 Å². The Morgan fingerprint density at radius 3 is 2.61 bits per heavy atom. The molecule has 1 amide bonds. The number of furan rings is 1. The van der Waals surface area contributed by atoms with Gasteiger partial charge in [-0.1, -0.05) is 0 Å². The Labute approximate surface area is 136 Å². The normalized spacial score (nSPS) is 14.4. The average Bonchev–Trinajstić information content (AvgIpc) is 3.20. The van der Waals surface area contributed by atoms with Crippen LogP contribution in [0.2, 0.25) is 0 Å². The first kappa shape index (κ1) is 15.6. The lowest BCUT2D eigenvalue weighted by Gasteiger charge is -2.18. The van der Waals surface area contributed by atoms with Gasteiger partial charge in [0.15, 0.2) is 0 Å². The number of hydrogen-bond donors (Lipinski definition) is 1. The highest BCUT2D eigenvalue weighted by molar-refractivity contribution is 5.92. The van der Waals surface area contributed by atoms with E-state index in [4.69, 9.17) is 4.42 Å². The summed E-state index contributed by atoms with van der Waals surface area (Å²) in [6.45, 7) is 3.20. The van der Waals surface area contributed by atoms with Gasteiger partial charge in [-0.3, -0.25) is 9.69 Å². The molecule has 2 heterocycles. The van der Waals surface area contributed by atoms with Crippen molar-refractivity contribution >= 4 is 17.3 Å². The molecule has 0 spiro atoms. The van der Waals surface area contributed by atoms with Crippen LogP contribution in [0.15, 0.2) is 47.1 Å². The predicted molar refractivity (Wildman–Crippen MR) is 91.6 cm³/mol. The van der Waals surface area contributed by atoms with Crippen LogP contribution in [0.4, 0.5) is 11.4 Å². The molecule has 1 saturated heterocycles. The number of nitrogens with zero attached hydrogens (tertiary/aromatic N) is 2. The van der Waals surface area contributed by atoms with Crippen LogP contribution in [0.25, 0.3) is 0 Å². The van der Waals surface area contributed by atoms with Crippen molar-refractivity contribution in [2.24, 2.45) is 0 Å². The van der Waals surface area contributed by atoms with Crippen molar-refractivity contribution in [1.82, 2.24) is 4.90 Å². The maximum Gasteiger partial charge on any atom is 0.238 e. The van der Waals surface area contributed by atoms with Crippen LogP contribution in [0, 0.1) is 0 Å². The zero-order valence-corrected chi connectivity index (χ0v) is 13.5. The highest BCUT2D eigenvalue weighted by Gasteiger charge is 2.12. The van der Waals surface area contributed by atoms with Crippen LogP contribution in [0.5, 0.6) is 0 Å². The summed E-state index contributed by atoms with van der Waals surface area (Å²) in [5, 5.41) is 2.94. The van der Waals surface area contributed by atoms with Gasteiger partial charge in [-0.25, -0.2) is 0 Å². The number of anilines is 2. The van der Waals surface area contributed by atoms with Crippen LogP contribution in [-0.4, -0.2) is 37.5 Å². The van der Waals surface area contributed by atoms with E-state index in [1.165, 1.54) is 18.5 Å². The van der Waals surface area contributed by atoms with Crippen LogP contribution < -0.4 is 10.2 Å². The van der Waals surface area contributed by atoms with Crippen molar-refractivity contribution in [3.63, 3.8) is 0 Å². The van der Waals surface area contributed by atoms with Crippen LogP contribution in [0.3, 0.4) is 0 Å². The van der Waals surface area contributed by atoms with Gasteiger partial charge in [-0.15, -0.1) is 0 Å². The first-order valence-electron chi connectivity index (χ1n) is 8.06. The van der Waals surface area contributed by atoms with Crippen LogP contribution in [0.1, 0.15) is 18.6 Å². The third kappa shape index (κ3) is 4.36. The zero-order valence-electron chi connectivity index (χ0n) is 13.5. The molecular weight excluding hydrogens is 290 g/mol. The fourth-order valence-electron chi connectivity index (χ4n) is 2.90. The summed E-state index contributed by atoms with van der Waals surface area (Å²) in [6.07, 6.45) is 4.17. The van der Waals surface area contributed by atoms with Crippen molar-refractivity contribution in [3.8, 4) is 0 Å². The summed E-state index contributed by atoms with van der Waals surface area (Å²) >= 11 is 0. The minimum absolute atomic E-state index is 0.0204. The first-order chi connectivity index (χ1) is 11.2. The smallest absolute Gasteiger partial charge is 0.238 e. The lowest BCUT2D eigenvalue weighted by Crippen LogP contribution is -2.29. The van der Waals surface area contributed by atoms with Gasteiger partial charge in [0.25, 0.3) is 0 Å². The van der Waals surface area contributed by atoms with E-state index in [0.717, 1.165) is 24.5 Å². The van der Waals surface area contributed by atoms with Gasteiger partial charge in [-0.2, -0.15) is 0 Å². The molecule has 1 aliphatic rings. The second-order valence-electron chi connectivity index (χ2n) is 6.04. The van der Waals surface area contributed by atoms with Gasteiger partial charge < -0.3 is 14.6 Å². The summed E-state index contributed by atoms with van der Waals surface area (Å²) in [5.74, 6) is 0.836. The van der Waals surface area contributed by atoms with E-state index in [-0.39, 0.29) is 5.91 Å². The number of likely N-dealkylation sites (N-methyl/N-ethyl adjacent to an activating group) is 1. The molecule has 1 aromatic carbocycles. The zero-order chi connectivity index (χ0) is 16.1. The third-order valence-electron chi connectivity index (χ3n) is 4.04. The van der Waals surface area contributed by atoms with Gasteiger partial charge in [0.1, 0.15) is 5.76 Å². The van der Waals surface area contributed by atoms with Gasteiger partial charge >= 0.3 is 0 Å². The lowest BCUT2D eigenvalue weighted by atomic mass is 10.2. The molecule has 2 aromatic rings. The number of rotatable bonds is 6. The molecule has 5 heteroatoms. The maximum absolute atomic E-state index is 12.1. The van der Waals surface area contributed by atoms with E-state index in [1.807, 2.05) is 36.2 Å². The molecule has 5 nitrogen and oxygen atoms in total. The molecule has 0 atom stereocenters. The predicted octanol–water partition coefficient (Wildman–Crippen LogP) is 2.95. The van der Waals surface area contributed by atoms with Crippen molar-refractivity contribution in [2.45, 2.75) is 19.4 Å². The Kier molecular flexibility index (Phi) is 4.98. The number of amides is 1. The largest absolute Gasteiger partial charge is 0.468 e. The molecule has 0 radical (unpaired) electrons. The minimum atomic E-state index is -0.0204. The summed E-state index contributed by atoms with van der Waals surface area (Å²) in [6, 6.07) is 11.9. The number of nitrogens with one attached hydrogen (secondary N) is 1. The van der Waals surface area contributed by atoms with Gasteiger partial charge in [0.05, 0.1) is 19.4 Å². The molecule has 0 bridgehead atoms. The number of carbonyl (C=O) groups is 1. The molecule has 122 valence electrons. The lowest BCUT2D eigenvalue weighted by molar-refractivity contribution is -0.117. The molecule has 0 unspecified atom stereocenters. The SMILES string of the molecule is CN(CC(=O)Nc1ccc(N2CCCC2)cc1)Cc1ccco1. The molecule has 0 saturated carbocycles. The third-order valence-corrected chi connectivity index (χ3v) is 4.04. The fourth-order valence-corrected chi connectivity index (χ4v) is 2.90. The Hall–Kier alpha value is -2.27. The summed E-state index contributed by atoms with van der Waals surface area (Å²) < 4.78 is 5.29. The van der Waals surface area contributed by atoms with E-state index in [1.54, 1.807) is 6.26 Å². The van der Waals surface area contributed by atoms with Gasteiger partial charge in [-0.05, 0) is 56.3 Å². The Balaban J connectivity index is 1.49. The number of hydrogen-bond acceptors (Lipinski definition) is 4. The van der Waals surface area contributed by atoms with E-state index >= 15 is 0 Å². The van der Waals surface area contributed by atoms with Crippen molar-refractivity contribution in [1.29, 1.82) is 0 Å². The molecule has 1 fully saturated rings. The molecule has 1 aliphatic heterocycles. The van der Waals surface area contributed by atoms with Crippen molar-refractivity contribution in [2.75, 3.05) is 36.9 Å². The first-order valence-corrected chi connectivity index (χ1v) is 8.06. The Morgan fingerprint density at radius 1 is 1.22 bits per heavy atom. The molecule has 23 heavy (non-hydrogen) atoms. The monoisotopic (exact) mass is 313 g/mol. The van der Waals surface area contributed by atoms with Crippen LogP contribution >= 0.6 is 0 Å². The quantitative estimate of drug-likeness (QED) is 0.891. The minimum Gasteiger partial charge on any atom is -0.468 e. The molecule has 3 rings (SSSR count). The summed E-state index contributed by atoms with van der Waals surface area (Å²) in [4.78, 5) is 16.4. The highest BCUT2D eigenvalue weighted by atomic mass is 16.3. The number of benzene rings is 1. The molecule has 1 N–H and O–H groups in total. The fraction of sp³-hybridized carbons (Fsp3) is 0.389. The standard InChI is InChI=1S/C18H23N3O2/c1-20(13-17-5-4-12-23-17)14-18(22)19-15-6-8-16(9-7-15)21-10-2-3-11-21/h4-9,12H,2-3,10-11,13-14H2,1H3,(H,19,22). The summed E-state index contributed by atoms with van der Waals surface area (Å²) in [5.41, 5.74) is 2.07. The summed E-state index contributed by atoms with van der Waals surface area (Å²) in [7, 11) is 1.90. The van der Waals surface area contributed by atoms with Gasteiger partial charge in [0, 0.05) is 24.5 Å².